The number of nitrogens with zero attached hydrogens (tertiary/aromatic N) is 2. The largest absolute Gasteiger partial charge is 0.595 e. The molecule has 0 aliphatic heterocycles. The van der Waals surface area contributed by atoms with E-state index in [1.165, 1.54) is 6.07 Å². The molecule has 3 aliphatic rings. The SMILES string of the molecule is CN(C)C[C@H]1C(=O)C(C(N)=O)=C(O)[C@@]2(O)C(=O)C3=C(O)c4c(O)c([NH+]([O-])O)cc(-c5ccc(N(C)C)cc5)c4C[C@H]3C[C@@H]12. The lowest BCUT2D eigenvalue weighted by molar-refractivity contribution is -0.991. The van der Waals surface area contributed by atoms with Gasteiger partial charge in [0, 0.05) is 49.8 Å². The summed E-state index contributed by atoms with van der Waals surface area (Å²) in [6.45, 7) is 0.0315. The lowest BCUT2D eigenvalue weighted by Crippen LogP contribution is -2.99. The van der Waals surface area contributed by atoms with Crippen LogP contribution in [-0.2, 0) is 20.8 Å². The molecule has 0 spiro atoms. The third-order valence-electron chi connectivity index (χ3n) is 8.82. The Hall–Kier alpha value is -4.27. The summed E-state index contributed by atoms with van der Waals surface area (Å²) in [6.07, 6.45) is -0.0107. The van der Waals surface area contributed by atoms with Crippen molar-refractivity contribution < 1.29 is 45.2 Å². The highest BCUT2D eigenvalue weighted by atomic mass is 16.8. The minimum absolute atomic E-state index is 0.0315. The molecular weight excluding hydrogens is 560 g/mol. The van der Waals surface area contributed by atoms with Gasteiger partial charge in [-0.1, -0.05) is 12.1 Å². The fourth-order valence-electron chi connectivity index (χ4n) is 6.82. The van der Waals surface area contributed by atoms with Gasteiger partial charge in [-0.15, -0.1) is 0 Å². The molecule has 2 aromatic rings. The van der Waals surface area contributed by atoms with Crippen LogP contribution in [-0.4, -0.2) is 88.3 Å². The molecule has 0 saturated heterocycles. The first-order chi connectivity index (χ1) is 20.1. The Bertz CT molecular complexity index is 1610. The van der Waals surface area contributed by atoms with Crippen molar-refractivity contribution in [2.45, 2.75) is 18.4 Å². The van der Waals surface area contributed by atoms with Crippen LogP contribution >= 0.6 is 0 Å². The molecule has 1 amide bonds. The number of Topliss-reactive ketones (excluding diaryl/α,β-unsaturated/α-hetero) is 2. The van der Waals surface area contributed by atoms with Gasteiger partial charge in [-0.3, -0.25) is 14.4 Å². The molecule has 5 atom stereocenters. The topological polar surface area (TPSA) is 212 Å². The van der Waals surface area contributed by atoms with Gasteiger partial charge in [0.2, 0.25) is 11.5 Å². The zero-order valence-corrected chi connectivity index (χ0v) is 24.1. The quantitative estimate of drug-likeness (QED) is 0.138. The number of rotatable bonds is 6. The number of quaternary nitrogens is 1. The number of benzene rings is 2. The Morgan fingerprint density at radius 1 is 1.12 bits per heavy atom. The minimum Gasteiger partial charge on any atom is -0.595 e. The summed E-state index contributed by atoms with van der Waals surface area (Å²) < 4.78 is 0. The second-order valence-corrected chi connectivity index (χ2v) is 11.8. The van der Waals surface area contributed by atoms with E-state index >= 15 is 0 Å². The molecule has 13 nitrogen and oxygen atoms in total. The van der Waals surface area contributed by atoms with E-state index in [0.717, 1.165) is 5.69 Å². The third-order valence-corrected chi connectivity index (χ3v) is 8.82. The van der Waals surface area contributed by atoms with Crippen molar-refractivity contribution in [2.24, 2.45) is 23.5 Å². The Kier molecular flexibility index (Phi) is 7.35. The molecule has 1 saturated carbocycles. The molecular formula is C30H34N4O9. The first-order valence-corrected chi connectivity index (χ1v) is 13.6. The highest BCUT2D eigenvalue weighted by Gasteiger charge is 2.63. The summed E-state index contributed by atoms with van der Waals surface area (Å²) in [4.78, 5) is 43.2. The van der Waals surface area contributed by atoms with Crippen LogP contribution in [0.25, 0.3) is 16.9 Å². The number of phenols is 1. The van der Waals surface area contributed by atoms with Crippen molar-refractivity contribution in [2.75, 3.05) is 39.6 Å². The van der Waals surface area contributed by atoms with Gasteiger partial charge in [-0.2, -0.15) is 5.23 Å². The van der Waals surface area contributed by atoms with Crippen molar-refractivity contribution in [1.29, 1.82) is 0 Å². The van der Waals surface area contributed by atoms with Gasteiger partial charge in [-0.05, 0) is 61.7 Å². The number of aliphatic hydroxyl groups excluding tert-OH is 2. The van der Waals surface area contributed by atoms with E-state index in [2.05, 4.69) is 0 Å². The number of primary amides is 1. The molecule has 0 radical (unpaired) electrons. The number of carbonyl (C=O) groups is 3. The average Bonchev–Trinajstić information content (AvgIpc) is 2.92. The minimum atomic E-state index is -2.76. The molecule has 1 fully saturated rings. The monoisotopic (exact) mass is 594 g/mol. The summed E-state index contributed by atoms with van der Waals surface area (Å²) >= 11 is 0. The number of nitrogens with one attached hydrogen (secondary N) is 1. The Morgan fingerprint density at radius 2 is 1.74 bits per heavy atom. The molecule has 1 unspecified atom stereocenters. The van der Waals surface area contributed by atoms with Crippen molar-refractivity contribution in [1.82, 2.24) is 4.90 Å². The molecule has 43 heavy (non-hydrogen) atoms. The number of nitrogens with two attached hydrogens (primary N) is 1. The van der Waals surface area contributed by atoms with Crippen molar-refractivity contribution in [3.05, 3.63) is 63.6 Å². The van der Waals surface area contributed by atoms with E-state index in [0.29, 0.717) is 16.7 Å². The van der Waals surface area contributed by atoms with E-state index in [1.54, 1.807) is 31.1 Å². The number of phenolic OH excluding ortho intramolecular Hbond substituents is 1. The van der Waals surface area contributed by atoms with Crippen LogP contribution in [0.1, 0.15) is 17.5 Å². The van der Waals surface area contributed by atoms with Gasteiger partial charge in [0.25, 0.3) is 5.91 Å². The number of hydrogen-bond acceptors (Lipinski definition) is 11. The van der Waals surface area contributed by atoms with E-state index < -0.39 is 74.6 Å². The lowest BCUT2D eigenvalue weighted by atomic mass is 9.56. The smallest absolute Gasteiger partial charge is 0.255 e. The van der Waals surface area contributed by atoms with E-state index in [1.807, 2.05) is 31.1 Å². The second-order valence-electron chi connectivity index (χ2n) is 11.8. The van der Waals surface area contributed by atoms with Gasteiger partial charge in [0.05, 0.1) is 5.56 Å². The van der Waals surface area contributed by atoms with Crippen LogP contribution in [0.3, 0.4) is 0 Å². The molecule has 13 heteroatoms. The summed E-state index contributed by atoms with van der Waals surface area (Å²) in [5.41, 5.74) is 2.90. The predicted octanol–water partition coefficient (Wildman–Crippen LogP) is 0.348. The Balaban J connectivity index is 1.75. The zero-order chi connectivity index (χ0) is 31.7. The first kappa shape index (κ1) is 30.2. The van der Waals surface area contributed by atoms with Crippen LogP contribution < -0.4 is 15.9 Å². The number of anilines is 1. The standard InChI is InChI=1S/C30H34N4O9/c1-32(2)12-18-19-10-14-9-17-16(13-5-7-15(8-6-13)33(3)4)11-20(34(42)43)25(36)22(17)26(37)21(14)27(38)30(19,41)28(39)23(24(18)35)29(31)40/h5-8,11,14,18-19,34,36-37,39,41-42H,9-10,12H2,1-4H3,(H2,31,40)/t14-,18+,19-,30-/m0/s1. The van der Waals surface area contributed by atoms with Crippen molar-refractivity contribution in [3.63, 3.8) is 0 Å². The molecule has 0 heterocycles. The number of amides is 1. The maximum absolute atomic E-state index is 14.1. The number of aliphatic hydroxyl groups is 3. The fourth-order valence-corrected chi connectivity index (χ4v) is 6.82. The maximum Gasteiger partial charge on any atom is 0.255 e. The Morgan fingerprint density at radius 3 is 2.28 bits per heavy atom. The summed E-state index contributed by atoms with van der Waals surface area (Å²) in [6, 6.07) is 8.51. The zero-order valence-electron chi connectivity index (χ0n) is 24.1. The Labute approximate surface area is 246 Å². The lowest BCUT2D eigenvalue weighted by Gasteiger charge is -2.49. The van der Waals surface area contributed by atoms with Gasteiger partial charge in [-0.25, -0.2) is 5.21 Å². The molecule has 228 valence electrons. The third kappa shape index (κ3) is 4.48. The molecule has 3 aliphatic carbocycles. The highest BCUT2D eigenvalue weighted by molar-refractivity contribution is 6.23. The number of aromatic hydroxyl groups is 1. The second kappa shape index (κ2) is 10.5. The number of ketones is 2. The van der Waals surface area contributed by atoms with Gasteiger partial charge < -0.3 is 41.2 Å². The highest BCUT2D eigenvalue weighted by Crippen LogP contribution is 2.55. The first-order valence-electron chi connectivity index (χ1n) is 13.6. The normalized spacial score (nSPS) is 25.8. The summed E-state index contributed by atoms with van der Waals surface area (Å²) in [5.74, 6) is -8.98. The molecule has 2 aromatic carbocycles. The average molecular weight is 595 g/mol. The predicted molar refractivity (Wildman–Crippen MR) is 154 cm³/mol. The number of carbonyl (C=O) groups excluding carboxylic acids is 3. The number of fused-ring (bicyclic) bond motifs is 3. The molecule has 0 aromatic heterocycles. The van der Waals surface area contributed by atoms with Crippen LogP contribution in [0.2, 0.25) is 0 Å². The van der Waals surface area contributed by atoms with Gasteiger partial charge in [0.1, 0.15) is 17.1 Å². The summed E-state index contributed by atoms with van der Waals surface area (Å²) in [7, 11) is 7.07. The van der Waals surface area contributed by atoms with Crippen LogP contribution in [0, 0.1) is 23.0 Å². The van der Waals surface area contributed by atoms with Gasteiger partial charge >= 0.3 is 0 Å². The van der Waals surface area contributed by atoms with E-state index in [-0.39, 0.29) is 30.5 Å². The van der Waals surface area contributed by atoms with Crippen LogP contribution in [0.4, 0.5) is 11.4 Å². The molecule has 8 N–H and O–H groups in total. The van der Waals surface area contributed by atoms with E-state index in [4.69, 9.17) is 5.73 Å². The fraction of sp³-hybridized carbons (Fsp3) is 0.367. The maximum atomic E-state index is 14.1. The molecule has 5 rings (SSSR count). The molecule has 0 bridgehead atoms. The van der Waals surface area contributed by atoms with Crippen LogP contribution in [0.15, 0.2) is 47.2 Å². The van der Waals surface area contributed by atoms with E-state index in [9.17, 15) is 45.2 Å². The summed E-state index contributed by atoms with van der Waals surface area (Å²) in [5, 5.41) is 66.0. The van der Waals surface area contributed by atoms with Crippen LogP contribution in [0.5, 0.6) is 5.75 Å². The van der Waals surface area contributed by atoms with Crippen molar-refractivity contribution >= 4 is 34.6 Å². The van der Waals surface area contributed by atoms with Crippen molar-refractivity contribution in [3.8, 4) is 16.9 Å². The number of hydrogen-bond donors (Lipinski definition) is 7. The van der Waals surface area contributed by atoms with Gasteiger partial charge in [0.15, 0.2) is 17.1 Å².